The number of aliphatic hydroxyl groups excluding tert-OH is 1. The van der Waals surface area contributed by atoms with Gasteiger partial charge in [-0.05, 0) is 37.0 Å². The Balaban J connectivity index is 1.71. The highest BCUT2D eigenvalue weighted by molar-refractivity contribution is 5.89. The predicted octanol–water partition coefficient (Wildman–Crippen LogP) is 3.05. The van der Waals surface area contributed by atoms with Crippen molar-refractivity contribution in [3.8, 4) is 0 Å². The number of carbonyl (C=O) groups is 1. The molecule has 0 heterocycles. The van der Waals surface area contributed by atoms with Gasteiger partial charge in [0.2, 0.25) is 0 Å². The average molecular weight is 262 g/mol. The van der Waals surface area contributed by atoms with Gasteiger partial charge >= 0.3 is 6.03 Å². The number of anilines is 1. The lowest BCUT2D eigenvalue weighted by Gasteiger charge is -2.25. The van der Waals surface area contributed by atoms with Crippen LogP contribution < -0.4 is 10.6 Å². The summed E-state index contributed by atoms with van der Waals surface area (Å²) in [5.74, 6) is 0.811. The Labute approximate surface area is 114 Å². The number of nitrogens with one attached hydrogen (secondary N) is 2. The van der Waals surface area contributed by atoms with Crippen molar-refractivity contribution in [1.82, 2.24) is 5.32 Å². The molecule has 0 aliphatic heterocycles. The molecule has 0 radical (unpaired) electrons. The van der Waals surface area contributed by atoms with E-state index < -0.39 is 6.10 Å². The lowest BCUT2D eigenvalue weighted by molar-refractivity contribution is 0.199. The normalized spacial score (nSPS) is 16.5. The van der Waals surface area contributed by atoms with E-state index in [1.165, 1.54) is 19.3 Å². The second kappa shape index (κ2) is 6.57. The van der Waals surface area contributed by atoms with Crippen LogP contribution in [0.25, 0.3) is 0 Å². The molecule has 1 atom stereocenters. The van der Waals surface area contributed by atoms with E-state index in [1.54, 1.807) is 19.1 Å². The lowest BCUT2D eigenvalue weighted by Crippen LogP contribution is -2.31. The van der Waals surface area contributed by atoms with E-state index >= 15 is 0 Å². The molecule has 19 heavy (non-hydrogen) atoms. The molecule has 0 aromatic heterocycles. The quantitative estimate of drug-likeness (QED) is 0.763. The van der Waals surface area contributed by atoms with Crippen LogP contribution in [0, 0.1) is 5.92 Å². The third-order valence-corrected chi connectivity index (χ3v) is 3.71. The third kappa shape index (κ3) is 4.24. The maximum absolute atomic E-state index is 11.6. The molecular weight excluding hydrogens is 240 g/mol. The fraction of sp³-hybridized carbons (Fsp3) is 0.533. The van der Waals surface area contributed by atoms with E-state index in [9.17, 15) is 9.90 Å². The third-order valence-electron chi connectivity index (χ3n) is 3.71. The molecule has 0 bridgehead atoms. The van der Waals surface area contributed by atoms with Gasteiger partial charge in [0, 0.05) is 12.2 Å². The number of benzene rings is 1. The van der Waals surface area contributed by atoms with Gasteiger partial charge in [-0.2, -0.15) is 0 Å². The van der Waals surface area contributed by atoms with Crippen LogP contribution in [0.15, 0.2) is 24.3 Å². The molecule has 1 aromatic rings. The highest BCUT2D eigenvalue weighted by Crippen LogP contribution is 2.28. The molecule has 4 nitrogen and oxygen atoms in total. The summed E-state index contributed by atoms with van der Waals surface area (Å²) in [5.41, 5.74) is 1.58. The van der Waals surface area contributed by atoms with Crippen LogP contribution in [0.3, 0.4) is 0 Å². The largest absolute Gasteiger partial charge is 0.389 e. The van der Waals surface area contributed by atoms with E-state index in [0.717, 1.165) is 30.1 Å². The smallest absolute Gasteiger partial charge is 0.319 e. The van der Waals surface area contributed by atoms with E-state index in [4.69, 9.17) is 0 Å². The molecule has 2 amide bonds. The topological polar surface area (TPSA) is 61.4 Å². The van der Waals surface area contributed by atoms with E-state index in [-0.39, 0.29) is 6.03 Å². The first-order valence-electron chi connectivity index (χ1n) is 6.98. The van der Waals surface area contributed by atoms with Crippen molar-refractivity contribution in [2.45, 2.75) is 38.7 Å². The summed E-state index contributed by atoms with van der Waals surface area (Å²) in [6, 6.07) is 7.06. The first-order chi connectivity index (χ1) is 9.15. The number of hydrogen-bond acceptors (Lipinski definition) is 2. The summed E-state index contributed by atoms with van der Waals surface area (Å²) >= 11 is 0. The van der Waals surface area contributed by atoms with E-state index in [2.05, 4.69) is 10.6 Å². The van der Waals surface area contributed by atoms with Crippen LogP contribution in [-0.2, 0) is 0 Å². The summed E-state index contributed by atoms with van der Waals surface area (Å²) < 4.78 is 0. The molecule has 1 unspecified atom stereocenters. The van der Waals surface area contributed by atoms with Crippen LogP contribution in [0.4, 0.5) is 10.5 Å². The molecule has 1 saturated carbocycles. The SMILES string of the molecule is CC(O)c1ccc(NC(=O)NCCC2CCC2)cc1. The summed E-state index contributed by atoms with van der Waals surface area (Å²) in [7, 11) is 0. The molecule has 3 N–H and O–H groups in total. The molecule has 1 aliphatic rings. The second-order valence-electron chi connectivity index (χ2n) is 5.26. The van der Waals surface area contributed by atoms with Crippen molar-refractivity contribution >= 4 is 11.7 Å². The van der Waals surface area contributed by atoms with Gasteiger partial charge in [-0.25, -0.2) is 4.79 Å². The highest BCUT2D eigenvalue weighted by Gasteiger charge is 2.16. The van der Waals surface area contributed by atoms with Gasteiger partial charge in [0.25, 0.3) is 0 Å². The molecule has 1 aliphatic carbocycles. The Morgan fingerprint density at radius 2 is 2.05 bits per heavy atom. The van der Waals surface area contributed by atoms with Gasteiger partial charge in [0.1, 0.15) is 0 Å². The number of aliphatic hydroxyl groups is 1. The Morgan fingerprint density at radius 1 is 1.37 bits per heavy atom. The number of carbonyl (C=O) groups excluding carboxylic acids is 1. The number of amides is 2. The van der Waals surface area contributed by atoms with Crippen LogP contribution in [0.5, 0.6) is 0 Å². The fourth-order valence-electron chi connectivity index (χ4n) is 2.19. The number of rotatable bonds is 5. The maximum Gasteiger partial charge on any atom is 0.319 e. The maximum atomic E-state index is 11.6. The predicted molar refractivity (Wildman–Crippen MR) is 76.1 cm³/mol. The Morgan fingerprint density at radius 3 is 2.58 bits per heavy atom. The summed E-state index contributed by atoms with van der Waals surface area (Å²) in [6.45, 7) is 2.46. The van der Waals surface area contributed by atoms with Crippen LogP contribution in [0.2, 0.25) is 0 Å². The lowest BCUT2D eigenvalue weighted by atomic mass is 9.83. The van der Waals surface area contributed by atoms with Crippen molar-refractivity contribution in [3.63, 3.8) is 0 Å². The summed E-state index contributed by atoms with van der Waals surface area (Å²) in [6.07, 6.45) is 4.56. The standard InChI is InChI=1S/C15H22N2O2/c1-11(18)13-5-7-14(8-6-13)17-15(19)16-10-9-12-3-2-4-12/h5-8,11-12,18H,2-4,9-10H2,1H3,(H2,16,17,19). The molecule has 0 spiro atoms. The number of urea groups is 1. The van der Waals surface area contributed by atoms with Gasteiger partial charge in [-0.1, -0.05) is 31.4 Å². The van der Waals surface area contributed by atoms with Crippen LogP contribution >= 0.6 is 0 Å². The summed E-state index contributed by atoms with van der Waals surface area (Å²) in [4.78, 5) is 11.6. The molecule has 1 fully saturated rings. The minimum absolute atomic E-state index is 0.163. The zero-order valence-corrected chi connectivity index (χ0v) is 11.4. The van der Waals surface area contributed by atoms with Crippen LogP contribution in [0.1, 0.15) is 44.3 Å². The van der Waals surface area contributed by atoms with Crippen molar-refractivity contribution in [1.29, 1.82) is 0 Å². The van der Waals surface area contributed by atoms with Gasteiger partial charge in [-0.3, -0.25) is 0 Å². The minimum atomic E-state index is -0.481. The van der Waals surface area contributed by atoms with Gasteiger partial charge in [0.05, 0.1) is 6.10 Å². The fourth-order valence-corrected chi connectivity index (χ4v) is 2.19. The van der Waals surface area contributed by atoms with E-state index in [1.807, 2.05) is 12.1 Å². The van der Waals surface area contributed by atoms with Crippen molar-refractivity contribution in [3.05, 3.63) is 29.8 Å². The molecule has 1 aromatic carbocycles. The second-order valence-corrected chi connectivity index (χ2v) is 5.26. The van der Waals surface area contributed by atoms with Gasteiger partial charge in [0.15, 0.2) is 0 Å². The Kier molecular flexibility index (Phi) is 4.80. The monoisotopic (exact) mass is 262 g/mol. The molecule has 2 rings (SSSR count). The van der Waals surface area contributed by atoms with Gasteiger partial charge < -0.3 is 15.7 Å². The molecule has 4 heteroatoms. The Hall–Kier alpha value is -1.55. The summed E-state index contributed by atoms with van der Waals surface area (Å²) in [5, 5.41) is 15.0. The number of hydrogen-bond donors (Lipinski definition) is 3. The molecular formula is C15H22N2O2. The molecule has 0 saturated heterocycles. The Bertz CT molecular complexity index is 411. The van der Waals surface area contributed by atoms with Crippen molar-refractivity contribution in [2.24, 2.45) is 5.92 Å². The zero-order valence-electron chi connectivity index (χ0n) is 11.4. The molecule has 104 valence electrons. The van der Waals surface area contributed by atoms with Gasteiger partial charge in [-0.15, -0.1) is 0 Å². The first-order valence-corrected chi connectivity index (χ1v) is 6.98. The van der Waals surface area contributed by atoms with Crippen LogP contribution in [-0.4, -0.2) is 17.7 Å². The van der Waals surface area contributed by atoms with E-state index in [0.29, 0.717) is 0 Å². The van der Waals surface area contributed by atoms with Crippen molar-refractivity contribution in [2.75, 3.05) is 11.9 Å². The first kappa shape index (κ1) is 13.9. The highest BCUT2D eigenvalue weighted by atomic mass is 16.3. The average Bonchev–Trinajstić information content (AvgIpc) is 2.33. The van der Waals surface area contributed by atoms with Crippen molar-refractivity contribution < 1.29 is 9.90 Å². The zero-order chi connectivity index (χ0) is 13.7. The minimum Gasteiger partial charge on any atom is -0.389 e.